The van der Waals surface area contributed by atoms with Gasteiger partial charge >= 0.3 is 0 Å². The van der Waals surface area contributed by atoms with Crippen LogP contribution < -0.4 is 10.1 Å². The lowest BCUT2D eigenvalue weighted by atomic mass is 10.2. The number of methoxy groups -OCH3 is 1. The lowest BCUT2D eigenvalue weighted by molar-refractivity contribution is 0.391. The zero-order chi connectivity index (χ0) is 20.9. The fourth-order valence-corrected chi connectivity index (χ4v) is 4.03. The highest BCUT2D eigenvalue weighted by atomic mass is 32.1. The molecular weight excluding hydrogens is 394 g/mol. The minimum atomic E-state index is 0.706. The van der Waals surface area contributed by atoms with Crippen LogP contribution in [0.1, 0.15) is 10.8 Å². The molecule has 6 nitrogen and oxygen atoms in total. The molecule has 0 saturated carbocycles. The van der Waals surface area contributed by atoms with Crippen LogP contribution in [0.25, 0.3) is 22.2 Å². The fourth-order valence-electron chi connectivity index (χ4n) is 3.22. The zero-order valence-corrected chi connectivity index (χ0v) is 18.2. The van der Waals surface area contributed by atoms with Gasteiger partial charge in [-0.05, 0) is 50.5 Å². The topological polar surface area (TPSA) is 63.2 Å². The fraction of sp³-hybridized carbons (Fsp3) is 0.261. The summed E-state index contributed by atoms with van der Waals surface area (Å²) in [6.07, 6.45) is 0.835. The van der Waals surface area contributed by atoms with Gasteiger partial charge in [-0.15, -0.1) is 11.3 Å². The van der Waals surface area contributed by atoms with Crippen LogP contribution in [-0.4, -0.2) is 47.6 Å². The number of fused-ring (bicyclic) bond motifs is 1. The summed E-state index contributed by atoms with van der Waals surface area (Å²) in [6.45, 7) is 1.47. The van der Waals surface area contributed by atoms with E-state index in [9.17, 15) is 0 Å². The summed E-state index contributed by atoms with van der Waals surface area (Å²) in [5.74, 6) is 2.55. The summed E-state index contributed by atoms with van der Waals surface area (Å²) in [5.41, 5.74) is 3.06. The van der Waals surface area contributed by atoms with Gasteiger partial charge in [0.05, 0.1) is 29.9 Å². The predicted octanol–water partition coefficient (Wildman–Crippen LogP) is 4.48. The number of rotatable bonds is 8. The van der Waals surface area contributed by atoms with Crippen LogP contribution in [0.2, 0.25) is 0 Å². The molecule has 7 heteroatoms. The van der Waals surface area contributed by atoms with Crippen LogP contribution in [-0.2, 0) is 13.0 Å². The number of anilines is 1. The third-order valence-corrected chi connectivity index (χ3v) is 5.58. The third kappa shape index (κ3) is 4.75. The summed E-state index contributed by atoms with van der Waals surface area (Å²) in [6, 6.07) is 16.1. The van der Waals surface area contributed by atoms with Crippen molar-refractivity contribution in [3.63, 3.8) is 0 Å². The van der Waals surface area contributed by atoms with E-state index in [1.54, 1.807) is 18.4 Å². The van der Waals surface area contributed by atoms with E-state index in [0.29, 0.717) is 6.54 Å². The molecule has 154 valence electrons. The summed E-state index contributed by atoms with van der Waals surface area (Å²) in [4.78, 5) is 16.3. The van der Waals surface area contributed by atoms with E-state index in [2.05, 4.69) is 26.6 Å². The second-order valence-corrected chi connectivity index (χ2v) is 8.22. The van der Waals surface area contributed by atoms with E-state index in [0.717, 1.165) is 57.5 Å². The molecule has 0 fully saturated rings. The molecule has 0 aliphatic carbocycles. The number of para-hydroxylation sites is 1. The molecule has 0 spiro atoms. The van der Waals surface area contributed by atoms with Crippen LogP contribution in [0.5, 0.6) is 5.75 Å². The van der Waals surface area contributed by atoms with Gasteiger partial charge in [0.2, 0.25) is 0 Å². The Balaban J connectivity index is 1.45. The SMILES string of the molecule is COc1ccc(-c2csc(CCNc3nc(CN(C)C)nc4ccccc34)n2)cc1. The van der Waals surface area contributed by atoms with Gasteiger partial charge in [0.15, 0.2) is 0 Å². The molecule has 0 unspecified atom stereocenters. The number of benzene rings is 2. The molecule has 2 heterocycles. The minimum Gasteiger partial charge on any atom is -0.497 e. The summed E-state index contributed by atoms with van der Waals surface area (Å²) in [7, 11) is 5.72. The lowest BCUT2D eigenvalue weighted by Gasteiger charge is -2.13. The first kappa shape index (κ1) is 20.3. The number of ether oxygens (including phenoxy) is 1. The van der Waals surface area contributed by atoms with Gasteiger partial charge in [-0.3, -0.25) is 0 Å². The van der Waals surface area contributed by atoms with Crippen molar-refractivity contribution < 1.29 is 4.74 Å². The monoisotopic (exact) mass is 419 g/mol. The van der Waals surface area contributed by atoms with E-state index in [1.807, 2.05) is 56.6 Å². The third-order valence-electron chi connectivity index (χ3n) is 4.68. The van der Waals surface area contributed by atoms with Crippen molar-refractivity contribution >= 4 is 28.1 Å². The maximum absolute atomic E-state index is 5.23. The molecule has 4 aromatic rings. The Morgan fingerprint density at radius 3 is 2.57 bits per heavy atom. The minimum absolute atomic E-state index is 0.706. The van der Waals surface area contributed by atoms with E-state index in [-0.39, 0.29) is 0 Å². The Kier molecular flexibility index (Phi) is 6.21. The van der Waals surface area contributed by atoms with Gasteiger partial charge in [0.1, 0.15) is 17.4 Å². The van der Waals surface area contributed by atoms with Crippen molar-refractivity contribution in [2.45, 2.75) is 13.0 Å². The number of nitrogens with zero attached hydrogens (tertiary/aromatic N) is 4. The molecule has 0 saturated heterocycles. The molecule has 0 aliphatic heterocycles. The number of aromatic nitrogens is 3. The molecule has 0 radical (unpaired) electrons. The zero-order valence-electron chi connectivity index (χ0n) is 17.4. The highest BCUT2D eigenvalue weighted by Crippen LogP contribution is 2.25. The molecule has 0 aliphatic rings. The van der Waals surface area contributed by atoms with Gasteiger partial charge in [0.25, 0.3) is 0 Å². The number of nitrogens with one attached hydrogen (secondary N) is 1. The standard InChI is InChI=1S/C23H25N5OS/c1-28(2)14-21-25-19-7-5-4-6-18(19)23(27-21)24-13-12-22-26-20(15-30-22)16-8-10-17(29-3)11-9-16/h4-11,15H,12-14H2,1-3H3,(H,24,25,27). The molecule has 2 aromatic carbocycles. The quantitative estimate of drug-likeness (QED) is 0.454. The summed E-state index contributed by atoms with van der Waals surface area (Å²) in [5, 5.41) is 7.74. The Hall–Kier alpha value is -3.03. The maximum Gasteiger partial charge on any atom is 0.145 e. The van der Waals surface area contributed by atoms with Crippen LogP contribution in [0.4, 0.5) is 5.82 Å². The van der Waals surface area contributed by atoms with Crippen molar-refractivity contribution in [1.29, 1.82) is 0 Å². The van der Waals surface area contributed by atoms with Crippen molar-refractivity contribution in [2.75, 3.05) is 33.1 Å². The van der Waals surface area contributed by atoms with Crippen molar-refractivity contribution in [3.8, 4) is 17.0 Å². The Bertz CT molecular complexity index is 1120. The summed E-state index contributed by atoms with van der Waals surface area (Å²) >= 11 is 1.68. The molecule has 0 atom stereocenters. The number of thiazole rings is 1. The van der Waals surface area contributed by atoms with Crippen molar-refractivity contribution in [1.82, 2.24) is 19.9 Å². The maximum atomic E-state index is 5.23. The predicted molar refractivity (Wildman–Crippen MR) is 123 cm³/mol. The van der Waals surface area contributed by atoms with Crippen LogP contribution in [0.15, 0.2) is 53.9 Å². The van der Waals surface area contributed by atoms with Gasteiger partial charge < -0.3 is 15.0 Å². The first-order valence-corrected chi connectivity index (χ1v) is 10.7. The largest absolute Gasteiger partial charge is 0.497 e. The number of hydrogen-bond donors (Lipinski definition) is 1. The molecule has 4 rings (SSSR count). The van der Waals surface area contributed by atoms with E-state index in [4.69, 9.17) is 14.7 Å². The molecule has 0 bridgehead atoms. The highest BCUT2D eigenvalue weighted by Gasteiger charge is 2.09. The van der Waals surface area contributed by atoms with Crippen LogP contribution in [0.3, 0.4) is 0 Å². The smallest absolute Gasteiger partial charge is 0.145 e. The molecule has 0 amide bonds. The first-order chi connectivity index (χ1) is 14.6. The average Bonchev–Trinajstić information content (AvgIpc) is 3.22. The van der Waals surface area contributed by atoms with Crippen LogP contribution >= 0.6 is 11.3 Å². The van der Waals surface area contributed by atoms with E-state index < -0.39 is 0 Å². The molecule has 2 aromatic heterocycles. The molecule has 1 N–H and O–H groups in total. The Morgan fingerprint density at radius 2 is 1.80 bits per heavy atom. The summed E-state index contributed by atoms with van der Waals surface area (Å²) < 4.78 is 5.23. The second-order valence-electron chi connectivity index (χ2n) is 7.28. The highest BCUT2D eigenvalue weighted by molar-refractivity contribution is 7.09. The van der Waals surface area contributed by atoms with E-state index in [1.165, 1.54) is 0 Å². The first-order valence-electron chi connectivity index (χ1n) is 9.85. The van der Waals surface area contributed by atoms with Gasteiger partial charge in [-0.25, -0.2) is 15.0 Å². The van der Waals surface area contributed by atoms with Gasteiger partial charge in [-0.1, -0.05) is 12.1 Å². The average molecular weight is 420 g/mol. The molecular formula is C23H25N5OS. The van der Waals surface area contributed by atoms with Crippen LogP contribution in [0, 0.1) is 0 Å². The van der Waals surface area contributed by atoms with Gasteiger partial charge in [0, 0.05) is 29.3 Å². The van der Waals surface area contributed by atoms with Crippen molar-refractivity contribution in [3.05, 3.63) is 64.7 Å². The molecule has 30 heavy (non-hydrogen) atoms. The second kappa shape index (κ2) is 9.19. The normalized spacial score (nSPS) is 11.2. The van der Waals surface area contributed by atoms with Gasteiger partial charge in [-0.2, -0.15) is 0 Å². The lowest BCUT2D eigenvalue weighted by Crippen LogP contribution is -2.15. The van der Waals surface area contributed by atoms with Crippen molar-refractivity contribution in [2.24, 2.45) is 0 Å². The Morgan fingerprint density at radius 1 is 1.00 bits per heavy atom. The number of hydrogen-bond acceptors (Lipinski definition) is 7. The Labute approximate surface area is 180 Å². The van der Waals surface area contributed by atoms with E-state index >= 15 is 0 Å².